The fraction of sp³-hybridized carbons (Fsp3) is 0.182. The smallest absolute Gasteiger partial charge is 0.137 e. The van der Waals surface area contributed by atoms with Crippen molar-refractivity contribution >= 4 is 5.82 Å². The monoisotopic (exact) mass is 216 g/mol. The number of rotatable bonds is 3. The number of anilines is 1. The van der Waals surface area contributed by atoms with E-state index in [4.69, 9.17) is 4.74 Å². The van der Waals surface area contributed by atoms with Crippen LogP contribution in [0.25, 0.3) is 11.3 Å². The lowest BCUT2D eigenvalue weighted by molar-refractivity contribution is 0.413. The standard InChI is InChI=1S/C11H12N4O/c1-12-11-4-10(14-7-15-11)8-3-9(16-2)6-13-5-8/h3-7H,1-2H3,(H,12,14,15). The highest BCUT2D eigenvalue weighted by molar-refractivity contribution is 5.62. The lowest BCUT2D eigenvalue weighted by atomic mass is 10.2. The number of hydrogen-bond acceptors (Lipinski definition) is 5. The molecule has 0 atom stereocenters. The number of nitrogens with zero attached hydrogens (tertiary/aromatic N) is 3. The van der Waals surface area contributed by atoms with Crippen LogP contribution in [0.5, 0.6) is 5.75 Å². The molecule has 0 unspecified atom stereocenters. The molecule has 0 amide bonds. The van der Waals surface area contributed by atoms with E-state index in [0.29, 0.717) is 5.75 Å². The molecule has 0 saturated heterocycles. The van der Waals surface area contributed by atoms with Gasteiger partial charge in [0.25, 0.3) is 0 Å². The second-order valence-electron chi connectivity index (χ2n) is 3.15. The molecule has 16 heavy (non-hydrogen) atoms. The van der Waals surface area contributed by atoms with Crippen molar-refractivity contribution in [1.29, 1.82) is 0 Å². The molecule has 0 spiro atoms. The van der Waals surface area contributed by atoms with E-state index < -0.39 is 0 Å². The number of ether oxygens (including phenoxy) is 1. The van der Waals surface area contributed by atoms with Crippen LogP contribution in [0.1, 0.15) is 0 Å². The predicted octanol–water partition coefficient (Wildman–Crippen LogP) is 1.59. The zero-order chi connectivity index (χ0) is 11.4. The second kappa shape index (κ2) is 4.57. The van der Waals surface area contributed by atoms with Gasteiger partial charge < -0.3 is 10.1 Å². The van der Waals surface area contributed by atoms with Crippen molar-refractivity contribution in [2.45, 2.75) is 0 Å². The predicted molar refractivity (Wildman–Crippen MR) is 61.4 cm³/mol. The van der Waals surface area contributed by atoms with E-state index in [0.717, 1.165) is 17.1 Å². The molecule has 5 heteroatoms. The average Bonchev–Trinajstić information content (AvgIpc) is 2.39. The number of pyridine rings is 1. The highest BCUT2D eigenvalue weighted by atomic mass is 16.5. The molecule has 0 fully saturated rings. The Balaban J connectivity index is 2.41. The van der Waals surface area contributed by atoms with Gasteiger partial charge in [-0.3, -0.25) is 4.98 Å². The summed E-state index contributed by atoms with van der Waals surface area (Å²) >= 11 is 0. The first-order chi connectivity index (χ1) is 7.83. The number of methoxy groups -OCH3 is 1. The Kier molecular flexibility index (Phi) is 2.95. The van der Waals surface area contributed by atoms with Gasteiger partial charge in [0.05, 0.1) is 19.0 Å². The van der Waals surface area contributed by atoms with Crippen LogP contribution in [0.15, 0.2) is 30.9 Å². The molecule has 0 aliphatic heterocycles. The molecule has 0 aliphatic rings. The van der Waals surface area contributed by atoms with E-state index >= 15 is 0 Å². The quantitative estimate of drug-likeness (QED) is 0.844. The fourth-order valence-electron chi connectivity index (χ4n) is 1.32. The van der Waals surface area contributed by atoms with Crippen molar-refractivity contribution in [2.75, 3.05) is 19.5 Å². The van der Waals surface area contributed by atoms with Gasteiger partial charge in [0.2, 0.25) is 0 Å². The van der Waals surface area contributed by atoms with Gasteiger partial charge in [-0.15, -0.1) is 0 Å². The van der Waals surface area contributed by atoms with Crippen LogP contribution in [0, 0.1) is 0 Å². The molecular weight excluding hydrogens is 204 g/mol. The van der Waals surface area contributed by atoms with Crippen molar-refractivity contribution < 1.29 is 4.74 Å². The Labute approximate surface area is 93.5 Å². The maximum Gasteiger partial charge on any atom is 0.137 e. The molecule has 82 valence electrons. The third-order valence-electron chi connectivity index (χ3n) is 2.17. The Bertz CT molecular complexity index is 441. The van der Waals surface area contributed by atoms with E-state index in [9.17, 15) is 0 Å². The molecule has 2 heterocycles. The Morgan fingerprint density at radius 2 is 2.06 bits per heavy atom. The van der Waals surface area contributed by atoms with Crippen LogP contribution in [0.4, 0.5) is 5.82 Å². The molecule has 0 radical (unpaired) electrons. The molecular formula is C11H12N4O. The van der Waals surface area contributed by atoms with E-state index in [1.54, 1.807) is 19.5 Å². The van der Waals surface area contributed by atoms with Gasteiger partial charge in [-0.2, -0.15) is 0 Å². The van der Waals surface area contributed by atoms with Crippen molar-refractivity contribution in [1.82, 2.24) is 15.0 Å². The highest BCUT2D eigenvalue weighted by Gasteiger charge is 2.03. The summed E-state index contributed by atoms with van der Waals surface area (Å²) in [5.41, 5.74) is 1.71. The second-order valence-corrected chi connectivity index (χ2v) is 3.15. The first kappa shape index (κ1) is 10.4. The summed E-state index contributed by atoms with van der Waals surface area (Å²) in [4.78, 5) is 12.3. The average molecular weight is 216 g/mol. The third-order valence-corrected chi connectivity index (χ3v) is 2.17. The van der Waals surface area contributed by atoms with Crippen molar-refractivity contribution in [3.8, 4) is 17.0 Å². The van der Waals surface area contributed by atoms with Crippen molar-refractivity contribution in [3.05, 3.63) is 30.9 Å². The first-order valence-corrected chi connectivity index (χ1v) is 4.82. The molecule has 0 saturated carbocycles. The molecule has 5 nitrogen and oxygen atoms in total. The fourth-order valence-corrected chi connectivity index (χ4v) is 1.32. The van der Waals surface area contributed by atoms with Crippen LogP contribution in [-0.2, 0) is 0 Å². The van der Waals surface area contributed by atoms with Gasteiger partial charge in [0.15, 0.2) is 0 Å². The molecule has 0 aliphatic carbocycles. The van der Waals surface area contributed by atoms with E-state index in [2.05, 4.69) is 20.3 Å². The largest absolute Gasteiger partial charge is 0.495 e. The van der Waals surface area contributed by atoms with Gasteiger partial charge in [-0.05, 0) is 6.07 Å². The van der Waals surface area contributed by atoms with E-state index in [-0.39, 0.29) is 0 Å². The van der Waals surface area contributed by atoms with Crippen molar-refractivity contribution in [2.24, 2.45) is 0 Å². The van der Waals surface area contributed by atoms with Gasteiger partial charge in [0, 0.05) is 24.9 Å². The minimum Gasteiger partial charge on any atom is -0.495 e. The number of hydrogen-bond donors (Lipinski definition) is 1. The summed E-state index contributed by atoms with van der Waals surface area (Å²) in [5.74, 6) is 1.48. The van der Waals surface area contributed by atoms with Crippen LogP contribution < -0.4 is 10.1 Å². The van der Waals surface area contributed by atoms with Crippen LogP contribution in [0.3, 0.4) is 0 Å². The zero-order valence-electron chi connectivity index (χ0n) is 9.14. The molecule has 0 aromatic carbocycles. The topological polar surface area (TPSA) is 59.9 Å². The first-order valence-electron chi connectivity index (χ1n) is 4.82. The number of nitrogens with one attached hydrogen (secondary N) is 1. The Morgan fingerprint density at radius 1 is 1.19 bits per heavy atom. The molecule has 2 aromatic rings. The highest BCUT2D eigenvalue weighted by Crippen LogP contribution is 2.21. The minimum atomic E-state index is 0.710. The molecule has 0 bridgehead atoms. The number of aromatic nitrogens is 3. The van der Waals surface area contributed by atoms with Crippen LogP contribution >= 0.6 is 0 Å². The summed E-state index contributed by atoms with van der Waals surface area (Å²) < 4.78 is 5.11. The summed E-state index contributed by atoms with van der Waals surface area (Å²) in [7, 11) is 3.43. The summed E-state index contributed by atoms with van der Waals surface area (Å²) in [6, 6.07) is 3.74. The summed E-state index contributed by atoms with van der Waals surface area (Å²) in [6.07, 6.45) is 4.91. The summed E-state index contributed by atoms with van der Waals surface area (Å²) in [5, 5.41) is 2.96. The van der Waals surface area contributed by atoms with E-state index in [1.807, 2.05) is 19.2 Å². The lowest BCUT2D eigenvalue weighted by Gasteiger charge is -2.04. The van der Waals surface area contributed by atoms with Crippen molar-refractivity contribution in [3.63, 3.8) is 0 Å². The zero-order valence-corrected chi connectivity index (χ0v) is 9.14. The van der Waals surface area contributed by atoms with Gasteiger partial charge in [0.1, 0.15) is 17.9 Å². The Morgan fingerprint density at radius 3 is 2.81 bits per heavy atom. The lowest BCUT2D eigenvalue weighted by Crippen LogP contribution is -1.94. The summed E-state index contributed by atoms with van der Waals surface area (Å²) in [6.45, 7) is 0. The SMILES string of the molecule is CNc1cc(-c2cncc(OC)c2)ncn1. The minimum absolute atomic E-state index is 0.710. The van der Waals surface area contributed by atoms with Crippen LogP contribution in [0.2, 0.25) is 0 Å². The molecule has 1 N–H and O–H groups in total. The third kappa shape index (κ3) is 2.08. The van der Waals surface area contributed by atoms with Gasteiger partial charge >= 0.3 is 0 Å². The van der Waals surface area contributed by atoms with Gasteiger partial charge in [-0.25, -0.2) is 9.97 Å². The van der Waals surface area contributed by atoms with Crippen LogP contribution in [-0.4, -0.2) is 29.1 Å². The normalized spacial score (nSPS) is 9.88. The molecule has 2 rings (SSSR count). The van der Waals surface area contributed by atoms with E-state index in [1.165, 1.54) is 6.33 Å². The van der Waals surface area contributed by atoms with Gasteiger partial charge in [-0.1, -0.05) is 0 Å². The maximum absolute atomic E-state index is 5.11. The maximum atomic E-state index is 5.11. The molecule has 2 aromatic heterocycles. The Hall–Kier alpha value is -2.17.